The van der Waals surface area contributed by atoms with E-state index in [1.54, 1.807) is 23.0 Å². The summed E-state index contributed by atoms with van der Waals surface area (Å²) in [5, 5.41) is 31.4. The highest BCUT2D eigenvalue weighted by atomic mass is 19.1. The number of amides is 2. The van der Waals surface area contributed by atoms with E-state index in [1.807, 2.05) is 64.1 Å². The second kappa shape index (κ2) is 12.6. The number of aryl methyl sites for hydroxylation is 1. The number of carbonyl (C=O) groups excluding carboxylic acids is 1. The lowest BCUT2D eigenvalue weighted by atomic mass is 9.90. The molecule has 0 aliphatic rings. The predicted octanol–water partition coefficient (Wildman–Crippen LogP) is 6.09. The molecule has 4 rings (SSSR count). The van der Waals surface area contributed by atoms with E-state index in [0.717, 1.165) is 22.2 Å². The van der Waals surface area contributed by atoms with Crippen molar-refractivity contribution in [1.82, 2.24) is 20.4 Å². The highest BCUT2D eigenvalue weighted by Crippen LogP contribution is 2.29. The minimum atomic E-state index is -0.537. The predicted molar refractivity (Wildman–Crippen MR) is 159 cm³/mol. The number of allylic oxidation sites excluding steroid dienone is 1. The lowest BCUT2D eigenvalue weighted by molar-refractivity contribution is 0.243. The van der Waals surface area contributed by atoms with Gasteiger partial charge in [0, 0.05) is 40.4 Å². The summed E-state index contributed by atoms with van der Waals surface area (Å²) in [6.45, 7) is 8.09. The Morgan fingerprint density at radius 3 is 2.59 bits per heavy atom. The summed E-state index contributed by atoms with van der Waals surface area (Å²) in [6.07, 6.45) is 3.26. The highest BCUT2D eigenvalue weighted by Gasteiger charge is 2.17. The number of fused-ring (bicyclic) bond motifs is 1. The zero-order chi connectivity index (χ0) is 29.6. The molecular weight excluding hydrogens is 523 g/mol. The van der Waals surface area contributed by atoms with Crippen molar-refractivity contribution in [2.45, 2.75) is 40.8 Å². The molecule has 41 heavy (non-hydrogen) atoms. The van der Waals surface area contributed by atoms with Crippen LogP contribution < -0.4 is 20.7 Å². The van der Waals surface area contributed by atoms with Crippen LogP contribution in [-0.2, 0) is 13.1 Å². The molecule has 10 heteroatoms. The average Bonchev–Trinajstić information content (AvgIpc) is 3.31. The molecule has 1 heterocycles. The van der Waals surface area contributed by atoms with Gasteiger partial charge in [-0.25, -0.2) is 9.18 Å². The van der Waals surface area contributed by atoms with Gasteiger partial charge in [0.05, 0.1) is 24.9 Å². The van der Waals surface area contributed by atoms with Gasteiger partial charge >= 0.3 is 6.03 Å². The number of aliphatic hydroxyl groups is 1. The van der Waals surface area contributed by atoms with Crippen LogP contribution in [0.4, 0.5) is 14.9 Å². The van der Waals surface area contributed by atoms with Crippen molar-refractivity contribution in [2.75, 3.05) is 11.9 Å². The maximum absolute atomic E-state index is 14.2. The number of hydrogen-bond donors (Lipinski definition) is 5. The fourth-order valence-corrected chi connectivity index (χ4v) is 3.91. The van der Waals surface area contributed by atoms with Gasteiger partial charge in [-0.05, 0) is 55.5 Å². The largest absolute Gasteiger partial charge is 0.457 e. The number of aliphatic hydroxyl groups excluding tert-OH is 1. The van der Waals surface area contributed by atoms with Gasteiger partial charge in [-0.2, -0.15) is 5.10 Å². The molecule has 0 aliphatic heterocycles. The number of urea groups is 1. The molecule has 0 bridgehead atoms. The molecule has 0 atom stereocenters. The van der Waals surface area contributed by atoms with Crippen LogP contribution in [0, 0.1) is 23.6 Å². The van der Waals surface area contributed by atoms with E-state index in [0.29, 0.717) is 35.1 Å². The maximum atomic E-state index is 14.2. The maximum Gasteiger partial charge on any atom is 0.320 e. The van der Waals surface area contributed by atoms with Crippen molar-refractivity contribution in [1.29, 1.82) is 5.41 Å². The van der Waals surface area contributed by atoms with Crippen molar-refractivity contribution in [3.63, 3.8) is 0 Å². The third kappa shape index (κ3) is 7.92. The fourth-order valence-electron chi connectivity index (χ4n) is 3.91. The molecule has 4 aromatic rings. The van der Waals surface area contributed by atoms with E-state index in [9.17, 15) is 14.3 Å². The van der Waals surface area contributed by atoms with Gasteiger partial charge in [0.15, 0.2) is 0 Å². The summed E-state index contributed by atoms with van der Waals surface area (Å²) < 4.78 is 21.9. The number of nitrogens with zero attached hydrogens (tertiary/aromatic N) is 2. The van der Waals surface area contributed by atoms with E-state index in [2.05, 4.69) is 21.0 Å². The monoisotopic (exact) mass is 558 g/mol. The van der Waals surface area contributed by atoms with Gasteiger partial charge in [0.2, 0.25) is 0 Å². The van der Waals surface area contributed by atoms with Crippen molar-refractivity contribution >= 4 is 28.3 Å². The Balaban J connectivity index is 1.47. The third-order valence-corrected chi connectivity index (χ3v) is 6.29. The summed E-state index contributed by atoms with van der Waals surface area (Å²) in [5.74, 6) is 0.774. The molecular formula is C31H35FN6O3. The number of ether oxygens (including phenoxy) is 1. The van der Waals surface area contributed by atoms with E-state index in [-0.39, 0.29) is 13.2 Å². The Kier molecular flexibility index (Phi) is 9.04. The molecule has 2 amide bonds. The molecule has 9 nitrogen and oxygen atoms in total. The van der Waals surface area contributed by atoms with Crippen LogP contribution in [0.2, 0.25) is 0 Å². The number of aromatic nitrogens is 2. The molecule has 0 unspecified atom stereocenters. The lowest BCUT2D eigenvalue weighted by Crippen LogP contribution is -2.37. The molecule has 1 aromatic heterocycles. The normalized spacial score (nSPS) is 11.8. The first-order valence-electron chi connectivity index (χ1n) is 13.2. The molecule has 0 fully saturated rings. The summed E-state index contributed by atoms with van der Waals surface area (Å²) in [5.41, 5.74) is 3.05. The van der Waals surface area contributed by atoms with Crippen LogP contribution in [0.25, 0.3) is 10.9 Å². The topological polar surface area (TPSA) is 124 Å². The van der Waals surface area contributed by atoms with E-state index < -0.39 is 17.3 Å². The smallest absolute Gasteiger partial charge is 0.320 e. The molecule has 3 aromatic carbocycles. The number of carbonyl (C=O) groups is 1. The average molecular weight is 559 g/mol. The van der Waals surface area contributed by atoms with Gasteiger partial charge in [-0.3, -0.25) is 10.00 Å². The van der Waals surface area contributed by atoms with Crippen molar-refractivity contribution < 1.29 is 19.0 Å². The number of benzene rings is 3. The number of halogens is 1. The lowest BCUT2D eigenvalue weighted by Gasteiger charge is -2.20. The van der Waals surface area contributed by atoms with Gasteiger partial charge in [-0.15, -0.1) is 0 Å². The van der Waals surface area contributed by atoms with E-state index >= 15 is 0 Å². The first-order valence-corrected chi connectivity index (χ1v) is 13.2. The van der Waals surface area contributed by atoms with Gasteiger partial charge in [-0.1, -0.05) is 38.5 Å². The molecule has 0 spiro atoms. The van der Waals surface area contributed by atoms with Crippen LogP contribution in [-0.4, -0.2) is 33.2 Å². The van der Waals surface area contributed by atoms with Crippen molar-refractivity contribution in [3.05, 3.63) is 95.7 Å². The number of nitrogens with one attached hydrogen (secondary N) is 4. The van der Waals surface area contributed by atoms with Crippen molar-refractivity contribution in [2.24, 2.45) is 5.41 Å². The SMILES string of the molecule is Cc1ccc(N/C(=C\C(=N)C(C)(C)C)NC(=O)NCc2cc(F)ccc2Oc2ccc3c(cnn3CCO)c2)cc1. The molecule has 0 aliphatic carbocycles. The van der Waals surface area contributed by atoms with Crippen LogP contribution in [0.1, 0.15) is 31.9 Å². The second-order valence-corrected chi connectivity index (χ2v) is 10.7. The Morgan fingerprint density at radius 2 is 1.88 bits per heavy atom. The van der Waals surface area contributed by atoms with Crippen molar-refractivity contribution in [3.8, 4) is 11.5 Å². The van der Waals surface area contributed by atoms with Crippen LogP contribution in [0.5, 0.6) is 11.5 Å². The Morgan fingerprint density at radius 1 is 1.12 bits per heavy atom. The van der Waals surface area contributed by atoms with E-state index in [1.165, 1.54) is 18.2 Å². The quantitative estimate of drug-likeness (QED) is 0.151. The Labute approximate surface area is 238 Å². The summed E-state index contributed by atoms with van der Waals surface area (Å²) >= 11 is 0. The second-order valence-electron chi connectivity index (χ2n) is 10.7. The molecule has 214 valence electrons. The highest BCUT2D eigenvalue weighted by molar-refractivity contribution is 5.97. The summed E-state index contributed by atoms with van der Waals surface area (Å²) in [7, 11) is 0. The Hall–Kier alpha value is -4.70. The van der Waals surface area contributed by atoms with Gasteiger partial charge in [0.25, 0.3) is 0 Å². The molecule has 0 saturated carbocycles. The molecule has 0 saturated heterocycles. The molecule has 5 N–H and O–H groups in total. The first kappa shape index (κ1) is 29.3. The molecule has 0 radical (unpaired) electrons. The van der Waals surface area contributed by atoms with Gasteiger partial charge < -0.3 is 25.9 Å². The van der Waals surface area contributed by atoms with Crippen LogP contribution >= 0.6 is 0 Å². The fraction of sp³-hybridized carbons (Fsp3) is 0.258. The van der Waals surface area contributed by atoms with Crippen LogP contribution in [0.15, 0.2) is 78.8 Å². The summed E-state index contributed by atoms with van der Waals surface area (Å²) in [4.78, 5) is 12.9. The number of rotatable bonds is 10. The standard InChI is InChI=1S/C31H35FN6O3/c1-20-5-8-24(9-6-20)36-29(17-28(33)31(2,3)4)37-30(40)34-18-22-15-23(32)7-12-27(22)41-25-10-11-26-21(16-25)19-35-38(26)13-14-39/h5-12,15-17,19,33,36,39H,13-14,18H2,1-4H3,(H2,34,37,40)/b29-17+,33-28?. The first-order chi connectivity index (χ1) is 19.5. The third-order valence-electron chi connectivity index (χ3n) is 6.29. The number of hydrogen-bond acceptors (Lipinski definition) is 6. The zero-order valence-electron chi connectivity index (χ0n) is 23.6. The van der Waals surface area contributed by atoms with Gasteiger partial charge in [0.1, 0.15) is 23.1 Å². The summed E-state index contributed by atoms with van der Waals surface area (Å²) in [6, 6.07) is 16.6. The minimum absolute atomic E-state index is 0.00979. The zero-order valence-corrected chi connectivity index (χ0v) is 23.6. The Bertz CT molecular complexity index is 1570. The van der Waals surface area contributed by atoms with E-state index in [4.69, 9.17) is 10.1 Å². The van der Waals surface area contributed by atoms with Crippen LogP contribution in [0.3, 0.4) is 0 Å². The number of anilines is 1. The minimum Gasteiger partial charge on any atom is -0.457 e.